The van der Waals surface area contributed by atoms with Crippen molar-refractivity contribution in [3.63, 3.8) is 0 Å². The molecule has 0 N–H and O–H groups in total. The number of hydrogen-bond donors (Lipinski definition) is 0. The third-order valence-corrected chi connectivity index (χ3v) is 43.6. The van der Waals surface area contributed by atoms with Crippen molar-refractivity contribution in [2.45, 2.75) is 39.3 Å². The molecule has 0 saturated heterocycles. The number of amidine groups is 12. The van der Waals surface area contributed by atoms with E-state index in [0.717, 1.165) is 44.5 Å². The number of aliphatic imine (C=N–C) groups is 12. The molecule has 28 nitrogen and oxygen atoms in total. The molecule has 2 atom stereocenters. The second-order valence-corrected chi connectivity index (χ2v) is 54.3. The van der Waals surface area contributed by atoms with Gasteiger partial charge in [0.2, 0.25) is 0 Å². The van der Waals surface area contributed by atoms with Gasteiger partial charge in [-0.25, -0.2) is 89.9 Å². The molecule has 0 radical (unpaired) electrons. The van der Waals surface area contributed by atoms with Crippen LogP contribution in [-0.2, 0) is 16.5 Å². The molecule has 33 heteroatoms. The quantitative estimate of drug-likeness (QED) is 0.134. The highest BCUT2D eigenvalue weighted by Gasteiger charge is 2.71. The van der Waals surface area contributed by atoms with E-state index in [1.807, 2.05) is 170 Å². The molecule has 0 aliphatic carbocycles. The zero-order chi connectivity index (χ0) is 89.2. The summed E-state index contributed by atoms with van der Waals surface area (Å²) in [5.74, 6) is 6.24. The first kappa shape index (κ1) is 75.3. The number of aromatic nitrogens is 6. The Morgan fingerprint density at radius 1 is 0.163 bits per heavy atom. The predicted octanol–water partition coefficient (Wildman–Crippen LogP) is 15.9. The van der Waals surface area contributed by atoms with Crippen molar-refractivity contribution in [3.05, 3.63) is 391 Å². The van der Waals surface area contributed by atoms with E-state index in [1.54, 1.807) is 0 Å². The van der Waals surface area contributed by atoms with Gasteiger partial charge in [-0.3, -0.25) is 25.4 Å². The van der Waals surface area contributed by atoms with Crippen LogP contribution in [0.1, 0.15) is 66.8 Å². The number of hydrogen-bond acceptors (Lipinski definition) is 22. The summed E-state index contributed by atoms with van der Waals surface area (Å²) in [4.78, 5) is 109. The Balaban J connectivity index is 0.918. The third-order valence-electron chi connectivity index (χ3n) is 26.4. The van der Waals surface area contributed by atoms with Crippen LogP contribution < -0.4 is 32.9 Å². The van der Waals surface area contributed by atoms with Crippen molar-refractivity contribution in [2.24, 2.45) is 89.9 Å². The van der Waals surface area contributed by atoms with Crippen LogP contribution in [0.3, 0.4) is 0 Å². The molecular formula is C102H66N24O4Si5. The highest BCUT2D eigenvalue weighted by molar-refractivity contribution is 6.91. The molecule has 12 aliphatic rings. The fourth-order valence-electron chi connectivity index (χ4n) is 21.1. The average Bonchev–Trinajstić information content (AvgIpc) is 1.49. The van der Waals surface area contributed by atoms with Crippen LogP contribution in [0, 0.1) is 0 Å². The summed E-state index contributed by atoms with van der Waals surface area (Å²) in [6.45, 7) is 13.1. The normalized spacial score (nSPS) is 19.2. The van der Waals surface area contributed by atoms with E-state index in [2.05, 4.69) is 186 Å². The summed E-state index contributed by atoms with van der Waals surface area (Å²) >= 11 is 0. The van der Waals surface area contributed by atoms with E-state index in [1.165, 1.54) is 0 Å². The van der Waals surface area contributed by atoms with Crippen molar-refractivity contribution < 1.29 is 16.5 Å². The Kier molecular flexibility index (Phi) is 14.8. The third kappa shape index (κ3) is 10.3. The Morgan fingerprint density at radius 2 is 0.304 bits per heavy atom. The second kappa shape index (κ2) is 26.5. The Morgan fingerprint density at radius 3 is 0.474 bits per heavy atom. The van der Waals surface area contributed by atoms with Crippen LogP contribution in [-0.4, -0.2) is 139 Å². The Labute approximate surface area is 769 Å². The molecule has 0 fully saturated rings. The maximum Gasteiger partial charge on any atom is 0.590 e. The Hall–Kier alpha value is -16.4. The van der Waals surface area contributed by atoms with Gasteiger partial charge in [0.15, 0.2) is 86.7 Å². The van der Waals surface area contributed by atoms with Crippen LogP contribution in [0.25, 0.3) is 64.6 Å². The summed E-state index contributed by atoms with van der Waals surface area (Å²) in [5.41, 5.74) is 10.7. The smallest absolute Gasteiger partial charge is 0.404 e. The van der Waals surface area contributed by atoms with Crippen molar-refractivity contribution >= 4 is 213 Å². The molecule has 638 valence electrons. The van der Waals surface area contributed by atoms with E-state index in [4.69, 9.17) is 89.9 Å². The average molecular weight is 1830 g/mol. The van der Waals surface area contributed by atoms with E-state index in [0.29, 0.717) is 202 Å². The molecule has 12 aliphatic heterocycles. The number of fused-ring (bicyclic) bond motifs is 42. The summed E-state index contributed by atoms with van der Waals surface area (Å²) in [5, 5.41) is 7.68. The first-order chi connectivity index (χ1) is 66.1. The molecule has 12 aromatic carbocycles. The molecule has 0 spiro atoms. The van der Waals surface area contributed by atoms with E-state index in [-0.39, 0.29) is 22.6 Å². The topological polar surface area (TPSA) is 289 Å². The monoisotopic (exact) mass is 1830 g/mol. The molecule has 30 rings (SSSR count). The summed E-state index contributed by atoms with van der Waals surface area (Å²) in [6.07, 6.45) is 0. The Bertz CT molecular complexity index is 8800. The molecule has 2 unspecified atom stereocenters. The predicted molar refractivity (Wildman–Crippen MR) is 534 cm³/mol. The molecular weight excluding hydrogens is 1770 g/mol. The first-order valence-corrected chi connectivity index (χ1v) is 56.6. The lowest BCUT2D eigenvalue weighted by Gasteiger charge is -2.47. The van der Waals surface area contributed by atoms with Crippen molar-refractivity contribution in [1.29, 1.82) is 0 Å². The SMILES string of the molecule is C[Si](C)(C)O[Si]1(O[Si]2(O[Si]3(O[Si](C)(C)C)n4c5c6ccccc6c4N=C4N=C(N=c6c7ccccc7c(n63)=NC3=NC(=N5)c5ccccc53)c3ccccc34)n3c4c5ccccc5c3N=C3N=C(N=c5c6ccccc6c(n52)=NC2=NC(=N4)c4ccccc42)c2ccccc23)n2c3c4ccccc4c2N=C2N=C(N=c4c5ccccc5c(n41)=NC1=NC(=N3)c3ccccc31)c1ccccc12. The van der Waals surface area contributed by atoms with Gasteiger partial charge in [0, 0.05) is 131 Å². The van der Waals surface area contributed by atoms with Gasteiger partial charge >= 0.3 is 26.7 Å². The summed E-state index contributed by atoms with van der Waals surface area (Å²) in [6, 6.07) is 98.1. The second-order valence-electron chi connectivity index (χ2n) is 36.6. The maximum absolute atomic E-state index is 10.6. The van der Waals surface area contributed by atoms with Crippen LogP contribution in [0.2, 0.25) is 39.3 Å². The van der Waals surface area contributed by atoms with Crippen LogP contribution in [0.15, 0.2) is 381 Å². The van der Waals surface area contributed by atoms with Gasteiger partial charge in [-0.1, -0.05) is 291 Å². The largest absolute Gasteiger partial charge is 0.590 e. The summed E-state index contributed by atoms with van der Waals surface area (Å²) < 4.78 is 52.8. The van der Waals surface area contributed by atoms with E-state index >= 15 is 0 Å². The maximum atomic E-state index is 10.6. The molecule has 0 saturated carbocycles. The molecule has 18 bridgehead atoms. The fourth-order valence-corrected chi connectivity index (χ4v) is 42.1. The minimum Gasteiger partial charge on any atom is -0.404 e. The fraction of sp³-hybridized carbons (Fsp3) is 0.0588. The van der Waals surface area contributed by atoms with E-state index in [9.17, 15) is 16.5 Å². The van der Waals surface area contributed by atoms with Gasteiger partial charge in [-0.15, -0.1) is 0 Å². The minimum absolute atomic E-state index is 0.281. The number of rotatable bonds is 8. The number of benzene rings is 12. The van der Waals surface area contributed by atoms with Gasteiger partial charge in [0.25, 0.3) is 0 Å². The van der Waals surface area contributed by atoms with Gasteiger partial charge in [0.1, 0.15) is 67.8 Å². The van der Waals surface area contributed by atoms with Gasteiger partial charge in [-0.2, -0.15) is 0 Å². The van der Waals surface area contributed by atoms with Gasteiger partial charge < -0.3 is 16.5 Å². The van der Waals surface area contributed by atoms with Crippen LogP contribution >= 0.6 is 0 Å². The van der Waals surface area contributed by atoms with E-state index < -0.39 is 43.3 Å². The molecule has 18 heterocycles. The molecule has 6 aromatic heterocycles. The lowest BCUT2D eigenvalue weighted by Crippen LogP contribution is -2.80. The lowest BCUT2D eigenvalue weighted by atomic mass is 10.1. The van der Waals surface area contributed by atoms with Gasteiger partial charge in [-0.05, 0) is 39.3 Å². The van der Waals surface area contributed by atoms with Crippen LogP contribution in [0.4, 0.5) is 34.9 Å². The first-order valence-electron chi connectivity index (χ1n) is 44.6. The lowest BCUT2D eigenvalue weighted by molar-refractivity contribution is 0.228. The number of nitrogens with zero attached hydrogens (tertiary/aromatic N) is 24. The zero-order valence-electron chi connectivity index (χ0n) is 72.6. The van der Waals surface area contributed by atoms with Crippen molar-refractivity contribution in [2.75, 3.05) is 0 Å². The highest BCUT2D eigenvalue weighted by Crippen LogP contribution is 2.53. The van der Waals surface area contributed by atoms with Gasteiger partial charge in [0.05, 0.1) is 0 Å². The molecule has 135 heavy (non-hydrogen) atoms. The van der Waals surface area contributed by atoms with Crippen LogP contribution in [0.5, 0.6) is 0 Å². The van der Waals surface area contributed by atoms with Crippen molar-refractivity contribution in [1.82, 2.24) is 25.4 Å². The standard InChI is InChI=1S/C102H66N24O4Si5/c1-131(2,3)127-133(121-91-67-43-19-20-44-68(67)93(121)111-81-57-33-9-10-34-58(57)82(104-81)112-94-70-46-22-21-45-69(70)92(122(94)133)110-80-56-32-8-7-31-55(56)79(103-80)109-91)129-135(125-99-75-51-27-28-52-76(75)101(125)119-89-65-41-17-18-42-66(65)90(108-89)120-102-78-54-30-29-53-77(78)100(126(102)135)118-88-64-40-16-15-39-63(64)87(107-88)117-99)130-134(128-132(4,5)6)123-95-71-47-23-24-48-72(71)97(123)115-85-61-37-13-14-38-62(61)86(106-85)116-98-74-50-26-25-49-73(74)96(124(98)134)114-84-60-36-12-11-35-59(60)83(105-84)113-95/h7-54H,1-6H3. The highest BCUT2D eigenvalue weighted by atomic mass is 28.5. The van der Waals surface area contributed by atoms with Crippen molar-refractivity contribution in [3.8, 4) is 0 Å². The minimum atomic E-state index is -6.51. The summed E-state index contributed by atoms with van der Waals surface area (Å²) in [7, 11) is -25.8. The zero-order valence-corrected chi connectivity index (χ0v) is 77.6. The molecule has 18 aromatic rings. The molecule has 0 amide bonds.